The Morgan fingerprint density at radius 3 is 2.56 bits per heavy atom. The number of carbonyl (C=O) groups is 3. The molecular formula is C20H32O5. The molecule has 0 aromatic carbocycles. The Morgan fingerprint density at radius 2 is 1.88 bits per heavy atom. The number of Topliss-reactive ketones (excluding diaryl/α,β-unsaturated/α-hetero) is 2. The van der Waals surface area contributed by atoms with Crippen LogP contribution >= 0.6 is 0 Å². The summed E-state index contributed by atoms with van der Waals surface area (Å²) in [5.41, 5.74) is 0. The first-order chi connectivity index (χ1) is 12.0. The molecule has 1 saturated carbocycles. The average Bonchev–Trinajstić information content (AvgIpc) is 2.82. The Hall–Kier alpha value is -1.49. The van der Waals surface area contributed by atoms with E-state index in [2.05, 4.69) is 6.92 Å². The second-order valence-corrected chi connectivity index (χ2v) is 7.04. The first kappa shape index (κ1) is 21.6. The van der Waals surface area contributed by atoms with Gasteiger partial charge in [0.15, 0.2) is 0 Å². The van der Waals surface area contributed by atoms with Crippen molar-refractivity contribution >= 4 is 17.5 Å². The second kappa shape index (κ2) is 12.0. The lowest BCUT2D eigenvalue weighted by molar-refractivity contribution is -0.137. The lowest BCUT2D eigenvalue weighted by Crippen LogP contribution is -2.21. The van der Waals surface area contributed by atoms with Gasteiger partial charge in [-0.15, -0.1) is 0 Å². The molecule has 5 nitrogen and oxygen atoms in total. The number of carboxylic acid groups (broad SMARTS) is 1. The highest BCUT2D eigenvalue weighted by molar-refractivity contribution is 5.85. The van der Waals surface area contributed by atoms with Gasteiger partial charge in [-0.1, -0.05) is 31.9 Å². The zero-order valence-electron chi connectivity index (χ0n) is 15.3. The van der Waals surface area contributed by atoms with Crippen LogP contribution < -0.4 is 0 Å². The maximum absolute atomic E-state index is 12.1. The fraction of sp³-hybridized carbons (Fsp3) is 0.750. The molecule has 0 bridgehead atoms. The molecule has 142 valence electrons. The number of hydrogen-bond acceptors (Lipinski definition) is 4. The maximum atomic E-state index is 12.1. The fourth-order valence-corrected chi connectivity index (χ4v) is 3.47. The van der Waals surface area contributed by atoms with Crippen LogP contribution in [0.4, 0.5) is 0 Å². The van der Waals surface area contributed by atoms with Crippen molar-refractivity contribution in [2.75, 3.05) is 0 Å². The largest absolute Gasteiger partial charge is 0.481 e. The van der Waals surface area contributed by atoms with Crippen molar-refractivity contribution in [2.24, 2.45) is 11.8 Å². The molecule has 0 saturated heterocycles. The predicted octanol–water partition coefficient (Wildman–Crippen LogP) is 3.68. The number of carboxylic acids is 1. The number of allylic oxidation sites excluding steroid dienone is 2. The summed E-state index contributed by atoms with van der Waals surface area (Å²) in [7, 11) is 0. The summed E-state index contributed by atoms with van der Waals surface area (Å²) in [6.45, 7) is 2.10. The van der Waals surface area contributed by atoms with Gasteiger partial charge in [-0.3, -0.25) is 14.4 Å². The van der Waals surface area contributed by atoms with E-state index < -0.39 is 12.1 Å². The van der Waals surface area contributed by atoms with Gasteiger partial charge in [-0.25, -0.2) is 0 Å². The molecule has 1 aliphatic rings. The Labute approximate surface area is 150 Å². The highest BCUT2D eigenvalue weighted by Gasteiger charge is 2.40. The number of aliphatic hydroxyl groups excluding tert-OH is 1. The molecule has 1 fully saturated rings. The molecule has 25 heavy (non-hydrogen) atoms. The van der Waals surface area contributed by atoms with Crippen LogP contribution in [0, 0.1) is 11.8 Å². The van der Waals surface area contributed by atoms with Crippen LogP contribution in [0.5, 0.6) is 0 Å². The van der Waals surface area contributed by atoms with E-state index in [9.17, 15) is 19.5 Å². The number of ketones is 2. The molecule has 0 amide bonds. The quantitative estimate of drug-likeness (QED) is 0.390. The van der Waals surface area contributed by atoms with E-state index in [1.54, 1.807) is 0 Å². The molecule has 1 rings (SSSR count). The van der Waals surface area contributed by atoms with Crippen molar-refractivity contribution < 1.29 is 24.6 Å². The fourth-order valence-electron chi connectivity index (χ4n) is 3.47. The van der Waals surface area contributed by atoms with E-state index in [0.717, 1.165) is 19.3 Å². The zero-order valence-corrected chi connectivity index (χ0v) is 15.3. The van der Waals surface area contributed by atoms with Gasteiger partial charge >= 0.3 is 5.97 Å². The average molecular weight is 352 g/mol. The summed E-state index contributed by atoms with van der Waals surface area (Å²) in [4.78, 5) is 34.5. The Bertz CT molecular complexity index is 469. The Morgan fingerprint density at radius 1 is 1.12 bits per heavy atom. The van der Waals surface area contributed by atoms with E-state index in [4.69, 9.17) is 5.11 Å². The number of hydrogen-bond donors (Lipinski definition) is 2. The molecule has 0 aromatic heterocycles. The minimum absolute atomic E-state index is 0.0677. The van der Waals surface area contributed by atoms with Crippen molar-refractivity contribution in [3.05, 3.63) is 12.2 Å². The van der Waals surface area contributed by atoms with Crippen LogP contribution in [0.15, 0.2) is 12.2 Å². The monoisotopic (exact) mass is 352 g/mol. The smallest absolute Gasteiger partial charge is 0.303 e. The lowest BCUT2D eigenvalue weighted by Gasteiger charge is -2.19. The third-order valence-corrected chi connectivity index (χ3v) is 4.96. The second-order valence-electron chi connectivity index (χ2n) is 7.04. The first-order valence-electron chi connectivity index (χ1n) is 9.55. The van der Waals surface area contributed by atoms with Crippen molar-refractivity contribution in [1.29, 1.82) is 0 Å². The van der Waals surface area contributed by atoms with Crippen molar-refractivity contribution in [3.63, 3.8) is 0 Å². The van der Waals surface area contributed by atoms with Crippen LogP contribution in [0.25, 0.3) is 0 Å². The van der Waals surface area contributed by atoms with Gasteiger partial charge in [-0.2, -0.15) is 0 Å². The number of carbonyl (C=O) groups excluding carboxylic acids is 2. The third-order valence-electron chi connectivity index (χ3n) is 4.96. The molecule has 0 unspecified atom stereocenters. The molecule has 0 aliphatic heterocycles. The van der Waals surface area contributed by atoms with Gasteiger partial charge in [0.2, 0.25) is 0 Å². The number of aliphatic hydroxyl groups is 1. The zero-order chi connectivity index (χ0) is 18.7. The van der Waals surface area contributed by atoms with Crippen LogP contribution in [-0.2, 0) is 14.4 Å². The maximum Gasteiger partial charge on any atom is 0.303 e. The summed E-state index contributed by atoms with van der Waals surface area (Å²) in [5.74, 6) is -0.863. The summed E-state index contributed by atoms with van der Waals surface area (Å²) in [6.07, 6.45) is 10.1. The minimum Gasteiger partial charge on any atom is -0.481 e. The highest BCUT2D eigenvalue weighted by atomic mass is 16.4. The SMILES string of the molecule is CCCCCC(=O)CC[C@H]1C(=O)C[C@@H](O)[C@H]1C/C=C\CCCC(=O)O. The minimum atomic E-state index is -0.797. The molecule has 2 N–H and O–H groups in total. The molecule has 0 radical (unpaired) electrons. The summed E-state index contributed by atoms with van der Waals surface area (Å²) in [5, 5.41) is 18.7. The van der Waals surface area contributed by atoms with Crippen molar-refractivity contribution in [1.82, 2.24) is 0 Å². The summed E-state index contributed by atoms with van der Waals surface area (Å²) < 4.78 is 0. The number of aliphatic carboxylic acids is 1. The Kier molecular flexibility index (Phi) is 10.3. The van der Waals surface area contributed by atoms with Crippen molar-refractivity contribution in [2.45, 2.75) is 83.7 Å². The summed E-state index contributed by atoms with van der Waals surface area (Å²) >= 11 is 0. The standard InChI is InChI=1S/C20H32O5/c1-2-3-6-9-15(21)12-13-17-16(18(22)14-19(17)23)10-7-4-5-8-11-20(24)25/h4,7,16-18,22H,2-3,5-6,8-14H2,1H3,(H,24,25)/b7-4-/t16-,17+,18+/m0/s1. The molecule has 0 aromatic rings. The normalized spacial score (nSPS) is 23.4. The Balaban J connectivity index is 2.39. The van der Waals surface area contributed by atoms with Crippen LogP contribution in [0.2, 0.25) is 0 Å². The first-order valence-corrected chi connectivity index (χ1v) is 9.55. The van der Waals surface area contributed by atoms with Gasteiger partial charge in [0.05, 0.1) is 6.10 Å². The predicted molar refractivity (Wildman–Crippen MR) is 96.2 cm³/mol. The van der Waals surface area contributed by atoms with Gasteiger partial charge in [0, 0.05) is 31.6 Å². The van der Waals surface area contributed by atoms with E-state index in [1.165, 1.54) is 0 Å². The molecule has 3 atom stereocenters. The lowest BCUT2D eigenvalue weighted by atomic mass is 9.86. The van der Waals surface area contributed by atoms with Gasteiger partial charge in [-0.05, 0) is 38.0 Å². The molecule has 1 aliphatic carbocycles. The molecule has 5 heteroatoms. The molecule has 0 heterocycles. The van der Waals surface area contributed by atoms with Gasteiger partial charge in [0.25, 0.3) is 0 Å². The van der Waals surface area contributed by atoms with Gasteiger partial charge < -0.3 is 10.2 Å². The van der Waals surface area contributed by atoms with E-state index in [0.29, 0.717) is 38.5 Å². The molecule has 0 spiro atoms. The van der Waals surface area contributed by atoms with E-state index in [1.807, 2.05) is 12.2 Å². The van der Waals surface area contributed by atoms with E-state index >= 15 is 0 Å². The third kappa shape index (κ3) is 8.43. The van der Waals surface area contributed by atoms with Crippen LogP contribution in [0.1, 0.15) is 77.6 Å². The van der Waals surface area contributed by atoms with Crippen LogP contribution in [-0.4, -0.2) is 33.9 Å². The van der Waals surface area contributed by atoms with E-state index in [-0.39, 0.29) is 36.2 Å². The summed E-state index contributed by atoms with van der Waals surface area (Å²) in [6, 6.07) is 0. The number of unbranched alkanes of at least 4 members (excludes halogenated alkanes) is 3. The highest BCUT2D eigenvalue weighted by Crippen LogP contribution is 2.35. The number of rotatable bonds is 13. The van der Waals surface area contributed by atoms with Gasteiger partial charge in [0.1, 0.15) is 11.6 Å². The topological polar surface area (TPSA) is 91.7 Å². The molecular weight excluding hydrogens is 320 g/mol. The van der Waals surface area contributed by atoms with Crippen LogP contribution in [0.3, 0.4) is 0 Å². The van der Waals surface area contributed by atoms with Crippen molar-refractivity contribution in [3.8, 4) is 0 Å².